The van der Waals surface area contributed by atoms with Gasteiger partial charge in [0.25, 0.3) is 0 Å². The Hall–Kier alpha value is -0.650. The molecule has 1 aliphatic rings. The minimum absolute atomic E-state index is 0.00697. The van der Waals surface area contributed by atoms with Crippen LogP contribution in [0.4, 0.5) is 0 Å². The zero-order chi connectivity index (χ0) is 14.0. The zero-order valence-corrected chi connectivity index (χ0v) is 12.7. The fourth-order valence-electron chi connectivity index (χ4n) is 2.51. The smallest absolute Gasteiger partial charge is 0.243 e. The van der Waals surface area contributed by atoms with Crippen molar-refractivity contribution in [1.29, 1.82) is 0 Å². The van der Waals surface area contributed by atoms with Gasteiger partial charge in [-0.15, -0.1) is 0 Å². The fourth-order valence-corrected chi connectivity index (χ4v) is 4.25. The van der Waals surface area contributed by atoms with Crippen LogP contribution in [0.25, 0.3) is 0 Å². The SMILES string of the molecule is CC1CCC(NS(=O)(=O)c2cccnc2Cl)CC1C. The van der Waals surface area contributed by atoms with Crippen LogP contribution in [-0.2, 0) is 10.0 Å². The molecule has 1 heterocycles. The van der Waals surface area contributed by atoms with Gasteiger partial charge in [-0.25, -0.2) is 18.1 Å². The largest absolute Gasteiger partial charge is 0.243 e. The molecule has 6 heteroatoms. The van der Waals surface area contributed by atoms with Crippen molar-refractivity contribution in [3.8, 4) is 0 Å². The van der Waals surface area contributed by atoms with Gasteiger partial charge in [0.15, 0.2) is 0 Å². The number of hydrogen-bond donors (Lipinski definition) is 1. The Morgan fingerprint density at radius 2 is 2.05 bits per heavy atom. The molecule has 3 atom stereocenters. The van der Waals surface area contributed by atoms with Crippen LogP contribution in [0.5, 0.6) is 0 Å². The molecule has 0 spiro atoms. The van der Waals surface area contributed by atoms with Crippen LogP contribution in [0.2, 0.25) is 5.15 Å². The maximum Gasteiger partial charge on any atom is 0.243 e. The van der Waals surface area contributed by atoms with Gasteiger partial charge >= 0.3 is 0 Å². The van der Waals surface area contributed by atoms with E-state index in [2.05, 4.69) is 23.6 Å². The average molecular weight is 303 g/mol. The average Bonchev–Trinajstić information content (AvgIpc) is 2.34. The first kappa shape index (κ1) is 14.8. The highest BCUT2D eigenvalue weighted by Gasteiger charge is 2.29. The second-order valence-electron chi connectivity index (χ2n) is 5.38. The van der Waals surface area contributed by atoms with Gasteiger partial charge in [-0.05, 0) is 43.2 Å². The van der Waals surface area contributed by atoms with E-state index in [0.717, 1.165) is 19.3 Å². The van der Waals surface area contributed by atoms with Gasteiger partial charge in [-0.3, -0.25) is 0 Å². The lowest BCUT2D eigenvalue weighted by Gasteiger charge is -2.32. The molecule has 0 bridgehead atoms. The van der Waals surface area contributed by atoms with Crippen LogP contribution in [0, 0.1) is 11.8 Å². The van der Waals surface area contributed by atoms with Gasteiger partial charge in [0.05, 0.1) is 0 Å². The van der Waals surface area contributed by atoms with Gasteiger partial charge < -0.3 is 0 Å². The van der Waals surface area contributed by atoms with Crippen LogP contribution in [0.15, 0.2) is 23.2 Å². The van der Waals surface area contributed by atoms with Crippen molar-refractivity contribution in [2.24, 2.45) is 11.8 Å². The summed E-state index contributed by atoms with van der Waals surface area (Å²) in [5.41, 5.74) is 0. The molecule has 1 fully saturated rings. The van der Waals surface area contributed by atoms with Crippen molar-refractivity contribution < 1.29 is 8.42 Å². The highest BCUT2D eigenvalue weighted by Crippen LogP contribution is 2.30. The van der Waals surface area contributed by atoms with E-state index in [1.165, 1.54) is 12.3 Å². The summed E-state index contributed by atoms with van der Waals surface area (Å²) in [6, 6.07) is 3.05. The Morgan fingerprint density at radius 1 is 1.32 bits per heavy atom. The van der Waals surface area contributed by atoms with Gasteiger partial charge in [0, 0.05) is 12.2 Å². The van der Waals surface area contributed by atoms with E-state index in [1.54, 1.807) is 6.07 Å². The number of pyridine rings is 1. The van der Waals surface area contributed by atoms with E-state index in [0.29, 0.717) is 11.8 Å². The second-order valence-corrected chi connectivity index (χ2v) is 7.42. The molecule has 0 radical (unpaired) electrons. The third-order valence-electron chi connectivity index (χ3n) is 3.93. The van der Waals surface area contributed by atoms with Crippen molar-refractivity contribution in [2.75, 3.05) is 0 Å². The Labute approximate surface area is 119 Å². The normalized spacial score (nSPS) is 28.3. The summed E-state index contributed by atoms with van der Waals surface area (Å²) in [6.07, 6.45) is 4.28. The van der Waals surface area contributed by atoms with E-state index in [-0.39, 0.29) is 16.1 Å². The second kappa shape index (κ2) is 5.77. The quantitative estimate of drug-likeness (QED) is 0.874. The molecule has 4 nitrogen and oxygen atoms in total. The Morgan fingerprint density at radius 3 is 2.68 bits per heavy atom. The summed E-state index contributed by atoms with van der Waals surface area (Å²) >= 11 is 5.85. The molecule has 3 unspecified atom stereocenters. The number of nitrogens with zero attached hydrogens (tertiary/aromatic N) is 1. The summed E-state index contributed by atoms with van der Waals surface area (Å²) in [6.45, 7) is 4.38. The minimum Gasteiger partial charge on any atom is -0.243 e. The van der Waals surface area contributed by atoms with Crippen LogP contribution >= 0.6 is 11.6 Å². The zero-order valence-electron chi connectivity index (χ0n) is 11.1. The van der Waals surface area contributed by atoms with Gasteiger partial charge in [0.1, 0.15) is 10.0 Å². The number of sulfonamides is 1. The molecule has 0 aromatic carbocycles. The van der Waals surface area contributed by atoms with Crippen molar-refractivity contribution in [3.63, 3.8) is 0 Å². The van der Waals surface area contributed by atoms with Crippen LogP contribution in [0.3, 0.4) is 0 Å². The first-order valence-electron chi connectivity index (χ1n) is 6.53. The highest BCUT2D eigenvalue weighted by molar-refractivity contribution is 7.89. The van der Waals surface area contributed by atoms with Gasteiger partial charge in [-0.1, -0.05) is 25.4 Å². The molecule has 0 aliphatic heterocycles. The molecule has 1 aromatic rings. The third-order valence-corrected chi connectivity index (χ3v) is 5.90. The van der Waals surface area contributed by atoms with Crippen LogP contribution < -0.4 is 4.72 Å². The summed E-state index contributed by atoms with van der Waals surface area (Å²) in [5.74, 6) is 1.19. The predicted octanol–water partition coefficient (Wildman–Crippen LogP) is 2.84. The molecular weight excluding hydrogens is 284 g/mol. The van der Waals surface area contributed by atoms with E-state index in [1.807, 2.05) is 0 Å². The maximum atomic E-state index is 12.3. The molecule has 1 saturated carbocycles. The van der Waals surface area contributed by atoms with Crippen molar-refractivity contribution in [3.05, 3.63) is 23.5 Å². The van der Waals surface area contributed by atoms with Crippen LogP contribution in [-0.4, -0.2) is 19.4 Å². The number of nitrogens with one attached hydrogen (secondary N) is 1. The van der Waals surface area contributed by atoms with Crippen molar-refractivity contribution in [1.82, 2.24) is 9.71 Å². The maximum absolute atomic E-state index is 12.3. The fraction of sp³-hybridized carbons (Fsp3) is 0.615. The van der Waals surface area contributed by atoms with Gasteiger partial charge in [0.2, 0.25) is 10.0 Å². The van der Waals surface area contributed by atoms with E-state index >= 15 is 0 Å². The Kier molecular flexibility index (Phi) is 4.48. The van der Waals surface area contributed by atoms with Crippen molar-refractivity contribution >= 4 is 21.6 Å². The van der Waals surface area contributed by atoms with Crippen molar-refractivity contribution in [2.45, 2.75) is 44.0 Å². The monoisotopic (exact) mass is 302 g/mol. The number of halogens is 1. The van der Waals surface area contributed by atoms with E-state index < -0.39 is 10.0 Å². The summed E-state index contributed by atoms with van der Waals surface area (Å²) < 4.78 is 27.3. The number of hydrogen-bond acceptors (Lipinski definition) is 3. The summed E-state index contributed by atoms with van der Waals surface area (Å²) in [5, 5.41) is 0.0206. The molecule has 1 aromatic heterocycles. The minimum atomic E-state index is -3.58. The standard InChI is InChI=1S/C13H19ClN2O2S/c1-9-5-6-11(8-10(9)2)16-19(17,18)12-4-3-7-15-13(12)14/h3-4,7,9-11,16H,5-6,8H2,1-2H3. The molecule has 1 aliphatic carbocycles. The molecule has 19 heavy (non-hydrogen) atoms. The highest BCUT2D eigenvalue weighted by atomic mass is 35.5. The Bertz CT molecular complexity index is 547. The molecule has 2 rings (SSSR count). The van der Waals surface area contributed by atoms with E-state index in [9.17, 15) is 8.42 Å². The predicted molar refractivity (Wildman–Crippen MR) is 75.5 cm³/mol. The first-order chi connectivity index (χ1) is 8.90. The third kappa shape index (κ3) is 3.46. The lowest BCUT2D eigenvalue weighted by Crippen LogP contribution is -2.39. The molecular formula is C13H19ClN2O2S. The lowest BCUT2D eigenvalue weighted by molar-refractivity contribution is 0.242. The van der Waals surface area contributed by atoms with E-state index in [4.69, 9.17) is 11.6 Å². The summed E-state index contributed by atoms with van der Waals surface area (Å²) in [7, 11) is -3.58. The Balaban J connectivity index is 2.12. The number of rotatable bonds is 3. The van der Waals surface area contributed by atoms with Crippen LogP contribution in [0.1, 0.15) is 33.1 Å². The molecule has 0 saturated heterocycles. The lowest BCUT2D eigenvalue weighted by atomic mass is 9.79. The summed E-state index contributed by atoms with van der Waals surface area (Å²) in [4.78, 5) is 3.87. The molecule has 106 valence electrons. The molecule has 0 amide bonds. The topological polar surface area (TPSA) is 59.1 Å². The number of aromatic nitrogens is 1. The first-order valence-corrected chi connectivity index (χ1v) is 8.39. The van der Waals surface area contributed by atoms with Gasteiger partial charge in [-0.2, -0.15) is 0 Å². The molecule has 1 N–H and O–H groups in total.